The van der Waals surface area contributed by atoms with Gasteiger partial charge in [-0.05, 0) is 30.7 Å². The van der Waals surface area contributed by atoms with Crippen molar-refractivity contribution >= 4 is 5.65 Å². The van der Waals surface area contributed by atoms with E-state index in [1.54, 1.807) is 18.2 Å². The van der Waals surface area contributed by atoms with Crippen molar-refractivity contribution < 1.29 is 4.39 Å². The van der Waals surface area contributed by atoms with Gasteiger partial charge >= 0.3 is 5.69 Å². The quantitative estimate of drug-likeness (QED) is 0.801. The molecule has 0 radical (unpaired) electrons. The molecule has 0 unspecified atom stereocenters. The lowest BCUT2D eigenvalue weighted by Crippen LogP contribution is -2.20. The lowest BCUT2D eigenvalue weighted by Gasteiger charge is -1.99. The molecule has 21 heavy (non-hydrogen) atoms. The first-order chi connectivity index (χ1) is 10.2. The highest BCUT2D eigenvalue weighted by atomic mass is 19.1. The highest BCUT2D eigenvalue weighted by Crippen LogP contribution is 2.18. The van der Waals surface area contributed by atoms with Crippen LogP contribution in [0.25, 0.3) is 16.9 Å². The average Bonchev–Trinajstić information content (AvgIpc) is 2.90. The summed E-state index contributed by atoms with van der Waals surface area (Å²) in [6.07, 6.45) is 2.74. The van der Waals surface area contributed by atoms with Crippen molar-refractivity contribution in [1.29, 1.82) is 0 Å². The van der Waals surface area contributed by atoms with Gasteiger partial charge in [0.05, 0.1) is 5.69 Å². The third kappa shape index (κ3) is 2.69. The topological polar surface area (TPSA) is 63.1 Å². The maximum atomic E-state index is 13.0. The van der Waals surface area contributed by atoms with Crippen molar-refractivity contribution in [2.24, 2.45) is 0 Å². The maximum Gasteiger partial charge on any atom is 0.371 e. The molecule has 0 bridgehead atoms. The molecule has 0 fully saturated rings. The number of hydrogen-bond acceptors (Lipinski definition) is 3. The summed E-state index contributed by atoms with van der Waals surface area (Å²) in [6.45, 7) is 2.09. The maximum absolute atomic E-state index is 13.0. The van der Waals surface area contributed by atoms with E-state index >= 15 is 0 Å². The van der Waals surface area contributed by atoms with Crippen LogP contribution in [0.1, 0.15) is 25.6 Å². The Labute approximate surface area is 120 Å². The molecule has 0 aliphatic carbocycles. The van der Waals surface area contributed by atoms with Crippen LogP contribution in [0.15, 0.2) is 35.1 Å². The Hall–Kier alpha value is -2.50. The predicted octanol–water partition coefficient (Wildman–Crippen LogP) is 2.57. The van der Waals surface area contributed by atoms with Crippen molar-refractivity contribution in [3.8, 4) is 11.3 Å². The van der Waals surface area contributed by atoms with Gasteiger partial charge in [-0.2, -0.15) is 14.6 Å². The molecule has 0 aliphatic rings. The van der Waals surface area contributed by atoms with Crippen LogP contribution in [-0.2, 0) is 6.42 Å². The largest absolute Gasteiger partial charge is 0.371 e. The van der Waals surface area contributed by atoms with E-state index in [0.29, 0.717) is 17.2 Å². The fourth-order valence-electron chi connectivity index (χ4n) is 2.18. The smallest absolute Gasteiger partial charge is 0.328 e. The summed E-state index contributed by atoms with van der Waals surface area (Å²) in [5.41, 5.74) is 1.56. The van der Waals surface area contributed by atoms with E-state index in [1.165, 1.54) is 16.6 Å². The highest BCUT2D eigenvalue weighted by Gasteiger charge is 2.09. The summed E-state index contributed by atoms with van der Waals surface area (Å²) in [5.74, 6) is 0.363. The number of halogens is 1. The molecule has 6 heteroatoms. The number of rotatable bonds is 4. The lowest BCUT2D eigenvalue weighted by atomic mass is 10.1. The molecule has 1 aromatic carbocycles. The number of H-pyrrole nitrogens is 1. The first-order valence-electron chi connectivity index (χ1n) is 6.92. The van der Waals surface area contributed by atoms with Gasteiger partial charge < -0.3 is 4.98 Å². The Morgan fingerprint density at radius 3 is 2.76 bits per heavy atom. The van der Waals surface area contributed by atoms with Crippen LogP contribution in [0.4, 0.5) is 4.39 Å². The number of aromatic amines is 1. The average molecular weight is 286 g/mol. The number of aromatic nitrogens is 4. The van der Waals surface area contributed by atoms with Crippen LogP contribution in [0.5, 0.6) is 0 Å². The number of hydrogen-bond donors (Lipinski definition) is 1. The number of nitrogens with zero attached hydrogens (tertiary/aromatic N) is 3. The van der Waals surface area contributed by atoms with Crippen molar-refractivity contribution in [3.05, 3.63) is 52.5 Å². The van der Waals surface area contributed by atoms with Crippen LogP contribution < -0.4 is 5.69 Å². The van der Waals surface area contributed by atoms with Crippen LogP contribution in [0.3, 0.4) is 0 Å². The second-order valence-electron chi connectivity index (χ2n) is 4.90. The zero-order valence-corrected chi connectivity index (χ0v) is 11.6. The zero-order valence-electron chi connectivity index (χ0n) is 11.6. The molecule has 108 valence electrons. The SMILES string of the molecule is CCCCc1nc(=O)n2nc(-c3ccc(F)cc3)cc2[nH]1. The molecule has 3 aromatic rings. The Bertz CT molecular complexity index is 820. The Morgan fingerprint density at radius 1 is 1.29 bits per heavy atom. The van der Waals surface area contributed by atoms with Gasteiger partial charge in [0.25, 0.3) is 0 Å². The minimum atomic E-state index is -0.400. The molecule has 0 aliphatic heterocycles. The van der Waals surface area contributed by atoms with E-state index in [2.05, 4.69) is 22.0 Å². The monoisotopic (exact) mass is 286 g/mol. The van der Waals surface area contributed by atoms with Gasteiger partial charge in [-0.25, -0.2) is 9.18 Å². The van der Waals surface area contributed by atoms with Crippen LogP contribution in [0, 0.1) is 5.82 Å². The molecule has 0 saturated carbocycles. The van der Waals surface area contributed by atoms with Gasteiger partial charge in [-0.1, -0.05) is 13.3 Å². The Morgan fingerprint density at radius 2 is 2.05 bits per heavy atom. The summed E-state index contributed by atoms with van der Waals surface area (Å²) in [5, 5.41) is 4.22. The summed E-state index contributed by atoms with van der Waals surface area (Å²) in [6, 6.07) is 7.77. The first-order valence-corrected chi connectivity index (χ1v) is 6.92. The molecule has 1 N–H and O–H groups in total. The van der Waals surface area contributed by atoms with E-state index < -0.39 is 5.69 Å². The number of benzene rings is 1. The molecular formula is C15H15FN4O. The van der Waals surface area contributed by atoms with E-state index in [4.69, 9.17) is 0 Å². The van der Waals surface area contributed by atoms with E-state index in [9.17, 15) is 9.18 Å². The van der Waals surface area contributed by atoms with Crippen molar-refractivity contribution in [1.82, 2.24) is 19.6 Å². The molecule has 5 nitrogen and oxygen atoms in total. The van der Waals surface area contributed by atoms with Crippen LogP contribution >= 0.6 is 0 Å². The minimum absolute atomic E-state index is 0.304. The second-order valence-corrected chi connectivity index (χ2v) is 4.90. The molecule has 0 atom stereocenters. The van der Waals surface area contributed by atoms with Crippen LogP contribution in [0.2, 0.25) is 0 Å². The molecular weight excluding hydrogens is 271 g/mol. The summed E-state index contributed by atoms with van der Waals surface area (Å²) in [4.78, 5) is 19.1. The van der Waals surface area contributed by atoms with E-state index in [1.807, 2.05) is 0 Å². The predicted molar refractivity (Wildman–Crippen MR) is 77.6 cm³/mol. The van der Waals surface area contributed by atoms with Gasteiger partial charge in [-0.15, -0.1) is 0 Å². The van der Waals surface area contributed by atoms with Gasteiger partial charge in [-0.3, -0.25) is 0 Å². The third-order valence-electron chi connectivity index (χ3n) is 3.30. The number of unbranched alkanes of at least 4 members (excludes halogenated alkanes) is 1. The van der Waals surface area contributed by atoms with E-state index in [-0.39, 0.29) is 5.82 Å². The highest BCUT2D eigenvalue weighted by molar-refractivity contribution is 5.63. The van der Waals surface area contributed by atoms with Gasteiger partial charge in [0, 0.05) is 18.1 Å². The van der Waals surface area contributed by atoms with Crippen molar-refractivity contribution in [2.45, 2.75) is 26.2 Å². The molecule has 0 spiro atoms. The van der Waals surface area contributed by atoms with E-state index in [0.717, 1.165) is 24.8 Å². The number of nitrogens with one attached hydrogen (secondary N) is 1. The normalized spacial score (nSPS) is 11.1. The number of aryl methyl sites for hydroxylation is 1. The molecule has 0 saturated heterocycles. The first kappa shape index (κ1) is 13.5. The molecule has 3 rings (SSSR count). The minimum Gasteiger partial charge on any atom is -0.328 e. The van der Waals surface area contributed by atoms with Crippen LogP contribution in [-0.4, -0.2) is 19.6 Å². The fourth-order valence-corrected chi connectivity index (χ4v) is 2.18. The molecule has 0 amide bonds. The van der Waals surface area contributed by atoms with Gasteiger partial charge in [0.2, 0.25) is 0 Å². The fraction of sp³-hybridized carbons (Fsp3) is 0.267. The van der Waals surface area contributed by atoms with Gasteiger partial charge in [0.15, 0.2) is 0 Å². The lowest BCUT2D eigenvalue weighted by molar-refractivity contribution is 0.628. The molecule has 2 aromatic heterocycles. The zero-order chi connectivity index (χ0) is 14.8. The summed E-state index contributed by atoms with van der Waals surface area (Å²) < 4.78 is 14.2. The third-order valence-corrected chi connectivity index (χ3v) is 3.30. The Balaban J connectivity index is 2.05. The molecule has 2 heterocycles. The Kier molecular flexibility index (Phi) is 3.51. The summed E-state index contributed by atoms with van der Waals surface area (Å²) in [7, 11) is 0. The van der Waals surface area contributed by atoms with Crippen molar-refractivity contribution in [2.75, 3.05) is 0 Å². The number of fused-ring (bicyclic) bond motifs is 1. The van der Waals surface area contributed by atoms with Crippen molar-refractivity contribution in [3.63, 3.8) is 0 Å². The summed E-state index contributed by atoms with van der Waals surface area (Å²) >= 11 is 0. The second kappa shape index (κ2) is 5.47. The standard InChI is InChI=1S/C15H15FN4O/c1-2-3-4-13-17-14-9-12(19-20(14)15(21)18-13)10-5-7-11(16)8-6-10/h5-9H,2-4H2,1H3,(H,17,18,21). The van der Waals surface area contributed by atoms with Gasteiger partial charge in [0.1, 0.15) is 17.3 Å².